The number of hydrogen-bond acceptors (Lipinski definition) is 5. The van der Waals surface area contributed by atoms with Crippen LogP contribution in [-0.2, 0) is 13.1 Å². The maximum absolute atomic E-state index is 13.5. The van der Waals surface area contributed by atoms with Crippen molar-refractivity contribution in [1.82, 2.24) is 24.8 Å². The fourth-order valence-corrected chi connectivity index (χ4v) is 4.27. The van der Waals surface area contributed by atoms with Crippen LogP contribution in [0.1, 0.15) is 12.0 Å². The molecule has 5 rings (SSSR count). The van der Waals surface area contributed by atoms with Crippen LogP contribution in [0.4, 0.5) is 14.7 Å². The van der Waals surface area contributed by atoms with E-state index in [0.29, 0.717) is 33.6 Å². The smallest absolute Gasteiger partial charge is 0.225 e. The van der Waals surface area contributed by atoms with Crippen molar-refractivity contribution in [2.75, 3.05) is 18.4 Å². The highest BCUT2D eigenvalue weighted by molar-refractivity contribution is 6.33. The zero-order valence-electron chi connectivity index (χ0n) is 17.2. The van der Waals surface area contributed by atoms with Crippen LogP contribution in [0.3, 0.4) is 0 Å². The minimum Gasteiger partial charge on any atom is -0.350 e. The van der Waals surface area contributed by atoms with Gasteiger partial charge in [-0.3, -0.25) is 0 Å². The third-order valence-electron chi connectivity index (χ3n) is 5.58. The zero-order chi connectivity index (χ0) is 22.1. The van der Waals surface area contributed by atoms with Crippen LogP contribution in [0, 0.1) is 17.6 Å². The Hall–Kier alpha value is -3.10. The number of rotatable bonds is 6. The van der Waals surface area contributed by atoms with E-state index < -0.39 is 11.6 Å². The Labute approximate surface area is 188 Å². The van der Waals surface area contributed by atoms with Gasteiger partial charge in [-0.1, -0.05) is 23.7 Å². The third-order valence-corrected chi connectivity index (χ3v) is 5.91. The van der Waals surface area contributed by atoms with Gasteiger partial charge in [0.25, 0.3) is 0 Å². The molecule has 1 aliphatic heterocycles. The third kappa shape index (κ3) is 4.28. The number of anilines is 1. The molecule has 2 aromatic carbocycles. The van der Waals surface area contributed by atoms with Crippen LogP contribution >= 0.6 is 11.6 Å². The van der Waals surface area contributed by atoms with E-state index in [0.717, 1.165) is 43.5 Å². The number of hydrogen-bond donors (Lipinski definition) is 2. The van der Waals surface area contributed by atoms with E-state index in [4.69, 9.17) is 16.6 Å². The molecule has 0 amide bonds. The minimum atomic E-state index is -0.620. The summed E-state index contributed by atoms with van der Waals surface area (Å²) in [6.07, 6.45) is 2.73. The Balaban J connectivity index is 1.51. The molecule has 2 N–H and O–H groups in total. The first-order valence-electron chi connectivity index (χ1n) is 10.4. The second-order valence-electron chi connectivity index (χ2n) is 7.92. The van der Waals surface area contributed by atoms with Crippen LogP contribution in [0.15, 0.2) is 48.7 Å². The quantitative estimate of drug-likeness (QED) is 0.444. The molecule has 2 aromatic heterocycles. The first-order valence-corrected chi connectivity index (χ1v) is 10.8. The average molecular weight is 455 g/mol. The summed E-state index contributed by atoms with van der Waals surface area (Å²) in [7, 11) is 0. The highest BCUT2D eigenvalue weighted by atomic mass is 35.5. The highest BCUT2D eigenvalue weighted by Crippen LogP contribution is 2.31. The van der Waals surface area contributed by atoms with Gasteiger partial charge in [-0.25, -0.2) is 18.7 Å². The summed E-state index contributed by atoms with van der Waals surface area (Å²) in [5.41, 5.74) is 2.65. The van der Waals surface area contributed by atoms with E-state index in [2.05, 4.69) is 25.2 Å². The van der Waals surface area contributed by atoms with Crippen LogP contribution in [0.2, 0.25) is 5.02 Å². The molecule has 0 spiro atoms. The standard InChI is InChI=1S/C23H21ClF2N6/c24-19-4-2-1-3-18(19)21-30-20-12-29-23(28-11-15-7-16(25)9-17(26)8-15)31-22(20)32(21)13-14-5-6-27-10-14/h1-4,7-9,12,14,27H,5-6,10-11,13H2,(H,28,29,31). The Morgan fingerprint density at radius 1 is 1.12 bits per heavy atom. The zero-order valence-corrected chi connectivity index (χ0v) is 17.9. The van der Waals surface area contributed by atoms with Gasteiger partial charge < -0.3 is 15.2 Å². The van der Waals surface area contributed by atoms with Gasteiger partial charge in [0.15, 0.2) is 5.65 Å². The first kappa shape index (κ1) is 20.8. The monoisotopic (exact) mass is 454 g/mol. The van der Waals surface area contributed by atoms with E-state index >= 15 is 0 Å². The van der Waals surface area contributed by atoms with Gasteiger partial charge in [0, 0.05) is 24.7 Å². The lowest BCUT2D eigenvalue weighted by molar-refractivity contribution is 0.490. The highest BCUT2D eigenvalue weighted by Gasteiger charge is 2.22. The van der Waals surface area contributed by atoms with Crippen molar-refractivity contribution in [2.24, 2.45) is 5.92 Å². The summed E-state index contributed by atoms with van der Waals surface area (Å²) in [4.78, 5) is 13.8. The van der Waals surface area contributed by atoms with Crippen molar-refractivity contribution in [3.63, 3.8) is 0 Å². The van der Waals surface area contributed by atoms with Gasteiger partial charge in [0.1, 0.15) is 23.0 Å². The Morgan fingerprint density at radius 2 is 1.94 bits per heavy atom. The van der Waals surface area contributed by atoms with Crippen LogP contribution in [0.25, 0.3) is 22.6 Å². The van der Waals surface area contributed by atoms with Gasteiger partial charge in [-0.05, 0) is 55.3 Å². The maximum Gasteiger partial charge on any atom is 0.225 e. The lowest BCUT2D eigenvalue weighted by Crippen LogP contribution is -2.16. The van der Waals surface area contributed by atoms with Crippen LogP contribution in [0.5, 0.6) is 0 Å². The van der Waals surface area contributed by atoms with Gasteiger partial charge >= 0.3 is 0 Å². The molecule has 1 saturated heterocycles. The number of halogens is 3. The molecular weight excluding hydrogens is 434 g/mol. The van der Waals surface area contributed by atoms with Gasteiger partial charge in [-0.15, -0.1) is 0 Å². The summed E-state index contributed by atoms with van der Waals surface area (Å²) in [6, 6.07) is 11.0. The summed E-state index contributed by atoms with van der Waals surface area (Å²) in [6.45, 7) is 2.86. The lowest BCUT2D eigenvalue weighted by Gasteiger charge is -2.14. The maximum atomic E-state index is 13.5. The van der Waals surface area contributed by atoms with Crippen molar-refractivity contribution < 1.29 is 8.78 Å². The molecule has 0 aliphatic carbocycles. The molecule has 1 aliphatic rings. The fraction of sp³-hybridized carbons (Fsp3) is 0.261. The molecule has 4 aromatic rings. The second-order valence-corrected chi connectivity index (χ2v) is 8.33. The largest absolute Gasteiger partial charge is 0.350 e. The van der Waals surface area contributed by atoms with E-state index in [1.807, 2.05) is 24.3 Å². The van der Waals surface area contributed by atoms with E-state index in [9.17, 15) is 8.78 Å². The summed E-state index contributed by atoms with van der Waals surface area (Å²) >= 11 is 6.47. The topological polar surface area (TPSA) is 67.7 Å². The average Bonchev–Trinajstić information content (AvgIpc) is 3.40. The van der Waals surface area contributed by atoms with E-state index in [1.54, 1.807) is 6.20 Å². The predicted molar refractivity (Wildman–Crippen MR) is 120 cm³/mol. The lowest BCUT2D eigenvalue weighted by atomic mass is 10.1. The molecule has 6 nitrogen and oxygen atoms in total. The Morgan fingerprint density at radius 3 is 2.69 bits per heavy atom. The second kappa shape index (κ2) is 8.80. The molecular formula is C23H21ClF2N6. The van der Waals surface area contributed by atoms with Crippen molar-refractivity contribution in [3.05, 3.63) is 70.9 Å². The summed E-state index contributed by atoms with van der Waals surface area (Å²) in [5, 5.41) is 7.07. The van der Waals surface area contributed by atoms with Crippen molar-refractivity contribution in [2.45, 2.75) is 19.5 Å². The Bertz CT molecular complexity index is 1250. The fourth-order valence-electron chi connectivity index (χ4n) is 4.05. The predicted octanol–water partition coefficient (Wildman–Crippen LogP) is 4.65. The van der Waals surface area contributed by atoms with Crippen molar-refractivity contribution in [1.29, 1.82) is 0 Å². The van der Waals surface area contributed by atoms with Crippen LogP contribution in [-0.4, -0.2) is 32.6 Å². The molecule has 1 atom stereocenters. The van der Waals surface area contributed by atoms with Gasteiger partial charge in [0.05, 0.1) is 11.2 Å². The Kier molecular flexibility index (Phi) is 5.71. The molecule has 9 heteroatoms. The number of nitrogens with zero attached hydrogens (tertiary/aromatic N) is 4. The number of benzene rings is 2. The van der Waals surface area contributed by atoms with Gasteiger partial charge in [0.2, 0.25) is 5.95 Å². The normalized spacial score (nSPS) is 16.0. The molecule has 1 fully saturated rings. The molecule has 0 saturated carbocycles. The first-order chi connectivity index (χ1) is 15.6. The number of aromatic nitrogens is 4. The SMILES string of the molecule is Fc1cc(F)cc(CNc2ncc3nc(-c4ccccc4Cl)n(CC4CCNC4)c3n2)c1. The van der Waals surface area contributed by atoms with E-state index in [-0.39, 0.29) is 6.54 Å². The molecule has 164 valence electrons. The molecule has 0 bridgehead atoms. The van der Waals surface area contributed by atoms with Crippen molar-refractivity contribution >= 4 is 28.7 Å². The van der Waals surface area contributed by atoms with E-state index in [1.165, 1.54) is 12.1 Å². The summed E-state index contributed by atoms with van der Waals surface area (Å²) in [5.74, 6) is 0.321. The van der Waals surface area contributed by atoms with Gasteiger partial charge in [-0.2, -0.15) is 4.98 Å². The molecule has 1 unspecified atom stereocenters. The summed E-state index contributed by atoms with van der Waals surface area (Å²) < 4.78 is 29.0. The molecule has 0 radical (unpaired) electrons. The number of nitrogens with one attached hydrogen (secondary N) is 2. The number of fused-ring (bicyclic) bond motifs is 1. The molecule has 3 heterocycles. The molecule has 32 heavy (non-hydrogen) atoms. The number of imidazole rings is 1. The minimum absolute atomic E-state index is 0.193. The van der Waals surface area contributed by atoms with Crippen LogP contribution < -0.4 is 10.6 Å². The van der Waals surface area contributed by atoms with Crippen molar-refractivity contribution in [3.8, 4) is 11.4 Å².